The number of hydrogen-bond acceptors (Lipinski definition) is 4. The summed E-state index contributed by atoms with van der Waals surface area (Å²) in [7, 11) is 0. The van der Waals surface area contributed by atoms with Crippen LogP contribution in [0.25, 0.3) is 0 Å². The predicted molar refractivity (Wildman–Crippen MR) is 145 cm³/mol. The van der Waals surface area contributed by atoms with Gasteiger partial charge in [0.2, 0.25) is 0 Å². The first-order chi connectivity index (χ1) is 19.5. The number of alkyl halides is 5. The maximum Gasteiger partial charge on any atom is 0.482 e. The van der Waals surface area contributed by atoms with Gasteiger partial charge in [-0.15, -0.1) is 0 Å². The molecule has 2 saturated carbocycles. The van der Waals surface area contributed by atoms with E-state index < -0.39 is 23.8 Å². The number of allylic oxidation sites excluding steroid dienone is 4. The minimum atomic E-state index is -5.75. The molecule has 9 heteroatoms. The Balaban J connectivity index is 1.34. The predicted octanol–water partition coefficient (Wildman–Crippen LogP) is 6.92. The Bertz CT molecular complexity index is 1220. The number of rotatable bonds is 5. The number of fused-ring (bicyclic) bond motifs is 4. The van der Waals surface area contributed by atoms with Gasteiger partial charge in [-0.3, -0.25) is 9.69 Å². The number of nitrogens with one attached hydrogen (secondary N) is 1. The Morgan fingerprint density at radius 2 is 1.78 bits per heavy atom. The number of halogens is 5. The van der Waals surface area contributed by atoms with Crippen molar-refractivity contribution in [2.45, 2.75) is 89.1 Å². The molecule has 4 nitrogen and oxygen atoms in total. The van der Waals surface area contributed by atoms with Crippen LogP contribution >= 0.6 is 0 Å². The summed E-state index contributed by atoms with van der Waals surface area (Å²) in [5, 5.41) is 3.42. The van der Waals surface area contributed by atoms with Gasteiger partial charge in [0.15, 0.2) is 5.78 Å². The van der Waals surface area contributed by atoms with Crippen LogP contribution in [0.3, 0.4) is 0 Å². The molecule has 1 aromatic rings. The lowest BCUT2D eigenvalue weighted by molar-refractivity contribution is -0.408. The molecule has 0 spiro atoms. The number of carbonyl (C=O) groups excluding carboxylic acids is 1. The van der Waals surface area contributed by atoms with Gasteiger partial charge >= 0.3 is 12.3 Å². The zero-order valence-corrected chi connectivity index (χ0v) is 23.5. The third-order valence-corrected chi connectivity index (χ3v) is 10.5. The largest absolute Gasteiger partial charge is 0.482 e. The molecule has 3 fully saturated rings. The lowest BCUT2D eigenvalue weighted by Crippen LogP contribution is -2.50. The van der Waals surface area contributed by atoms with Gasteiger partial charge in [0, 0.05) is 32.0 Å². The monoisotopic (exact) mass is 578 g/mol. The van der Waals surface area contributed by atoms with Crippen LogP contribution < -0.4 is 5.32 Å². The van der Waals surface area contributed by atoms with E-state index in [0.29, 0.717) is 25.7 Å². The van der Waals surface area contributed by atoms with Crippen molar-refractivity contribution in [3.8, 4) is 0 Å². The zero-order chi connectivity index (χ0) is 29.0. The van der Waals surface area contributed by atoms with Crippen molar-refractivity contribution in [2.24, 2.45) is 17.3 Å². The van der Waals surface area contributed by atoms with Crippen molar-refractivity contribution in [1.82, 2.24) is 10.2 Å². The normalized spacial score (nSPS) is 33.1. The van der Waals surface area contributed by atoms with Crippen molar-refractivity contribution < 1.29 is 31.5 Å². The summed E-state index contributed by atoms with van der Waals surface area (Å²) in [6.07, 6.45) is -5.40. The molecule has 0 radical (unpaired) electrons. The van der Waals surface area contributed by atoms with Crippen molar-refractivity contribution in [2.75, 3.05) is 26.2 Å². The van der Waals surface area contributed by atoms with E-state index >= 15 is 0 Å². The minimum Gasteiger partial charge on any atom is -0.315 e. The van der Waals surface area contributed by atoms with Crippen LogP contribution in [0.4, 0.5) is 22.0 Å². The lowest BCUT2D eigenvalue weighted by atomic mass is 9.53. The Labute approximate surface area is 238 Å². The number of ether oxygens (including phenoxy) is 1. The maximum absolute atomic E-state index is 14.2. The van der Waals surface area contributed by atoms with Gasteiger partial charge in [0.1, 0.15) is 0 Å². The van der Waals surface area contributed by atoms with Crippen LogP contribution in [0.5, 0.6) is 0 Å². The SMILES string of the molecule is CC12CC(c3ccc(CN4CCCNCC4)cc3)C3=C4CCC(=O)C=C4CCC3C1CCC2OC(F)(F)C(F)(F)F. The average molecular weight is 579 g/mol. The molecule has 1 N–H and O–H groups in total. The third-order valence-electron chi connectivity index (χ3n) is 10.5. The smallest absolute Gasteiger partial charge is 0.315 e. The van der Waals surface area contributed by atoms with E-state index in [2.05, 4.69) is 34.5 Å². The first kappa shape index (κ1) is 29.0. The molecule has 5 unspecified atom stereocenters. The van der Waals surface area contributed by atoms with Gasteiger partial charge < -0.3 is 10.1 Å². The van der Waals surface area contributed by atoms with Crippen LogP contribution in [-0.4, -0.2) is 55.3 Å². The molecule has 1 aromatic carbocycles. The topological polar surface area (TPSA) is 41.6 Å². The molecular weight excluding hydrogens is 539 g/mol. The summed E-state index contributed by atoms with van der Waals surface area (Å²) < 4.78 is 72.6. The highest BCUT2D eigenvalue weighted by Gasteiger charge is 2.65. The highest BCUT2D eigenvalue weighted by Crippen LogP contribution is 2.65. The third kappa shape index (κ3) is 5.42. The number of hydrogen-bond donors (Lipinski definition) is 1. The molecule has 5 aliphatic rings. The highest BCUT2D eigenvalue weighted by atomic mass is 19.4. The fourth-order valence-corrected chi connectivity index (χ4v) is 8.52. The molecule has 0 bridgehead atoms. The van der Waals surface area contributed by atoms with Crippen LogP contribution in [0.2, 0.25) is 0 Å². The summed E-state index contributed by atoms with van der Waals surface area (Å²) in [4.78, 5) is 14.7. The second-order valence-corrected chi connectivity index (χ2v) is 12.9. The molecular formula is C32H39F5N2O2. The molecule has 1 saturated heterocycles. The van der Waals surface area contributed by atoms with Gasteiger partial charge in [0.25, 0.3) is 0 Å². The van der Waals surface area contributed by atoms with E-state index in [-0.39, 0.29) is 30.0 Å². The van der Waals surface area contributed by atoms with E-state index in [1.165, 1.54) is 16.7 Å². The Morgan fingerprint density at radius 3 is 2.54 bits per heavy atom. The zero-order valence-electron chi connectivity index (χ0n) is 23.5. The molecule has 41 heavy (non-hydrogen) atoms. The van der Waals surface area contributed by atoms with Crippen LogP contribution in [-0.2, 0) is 16.1 Å². The van der Waals surface area contributed by atoms with Crippen LogP contribution in [0.1, 0.15) is 75.3 Å². The molecule has 5 atom stereocenters. The first-order valence-corrected chi connectivity index (χ1v) is 15.1. The quantitative estimate of drug-likeness (QED) is 0.385. The summed E-state index contributed by atoms with van der Waals surface area (Å²) in [6.45, 7) is 6.73. The molecule has 6 rings (SSSR count). The Hall–Kier alpha value is -2.10. The average Bonchev–Trinajstić information content (AvgIpc) is 3.07. The number of nitrogens with zero attached hydrogens (tertiary/aromatic N) is 1. The fourth-order valence-electron chi connectivity index (χ4n) is 8.52. The van der Waals surface area contributed by atoms with Gasteiger partial charge in [-0.2, -0.15) is 22.0 Å². The van der Waals surface area contributed by atoms with Crippen molar-refractivity contribution in [3.63, 3.8) is 0 Å². The van der Waals surface area contributed by atoms with Crippen molar-refractivity contribution >= 4 is 5.78 Å². The summed E-state index contributed by atoms with van der Waals surface area (Å²) in [5.74, 6) is 0.0620. The highest BCUT2D eigenvalue weighted by molar-refractivity contribution is 5.93. The minimum absolute atomic E-state index is 0.0367. The first-order valence-electron chi connectivity index (χ1n) is 15.1. The summed E-state index contributed by atoms with van der Waals surface area (Å²) >= 11 is 0. The van der Waals surface area contributed by atoms with E-state index in [1.807, 2.05) is 6.92 Å². The Kier molecular flexibility index (Phi) is 7.69. The van der Waals surface area contributed by atoms with Gasteiger partial charge in [-0.1, -0.05) is 36.8 Å². The number of ketones is 1. The maximum atomic E-state index is 14.2. The van der Waals surface area contributed by atoms with Crippen LogP contribution in [0, 0.1) is 17.3 Å². The van der Waals surface area contributed by atoms with Gasteiger partial charge in [-0.05, 0) is 104 Å². The van der Waals surface area contributed by atoms with Gasteiger partial charge in [-0.25, -0.2) is 0 Å². The second kappa shape index (κ2) is 10.9. The summed E-state index contributed by atoms with van der Waals surface area (Å²) in [5.41, 5.74) is 5.03. The van der Waals surface area contributed by atoms with Crippen molar-refractivity contribution in [1.29, 1.82) is 0 Å². The standard InChI is InChI=1S/C32H39F5N2O2/c1-30-18-26(21-5-3-20(4-6-21)19-39-15-2-13-38-14-16-39)29-24-10-8-23(40)17-22(24)7-9-25(29)27(30)11-12-28(30)41-32(36,37)31(33,34)35/h3-6,17,25-28,38H,2,7-16,18-19H2,1H3. The number of benzene rings is 1. The molecule has 224 valence electrons. The number of carbonyl (C=O) groups is 1. The molecule has 1 aliphatic heterocycles. The van der Waals surface area contributed by atoms with E-state index in [0.717, 1.165) is 63.1 Å². The molecule has 0 amide bonds. The lowest BCUT2D eigenvalue weighted by Gasteiger charge is -2.52. The van der Waals surface area contributed by atoms with E-state index in [4.69, 9.17) is 4.74 Å². The van der Waals surface area contributed by atoms with Gasteiger partial charge in [0.05, 0.1) is 6.10 Å². The van der Waals surface area contributed by atoms with E-state index in [1.54, 1.807) is 6.08 Å². The Morgan fingerprint density at radius 1 is 1.00 bits per heavy atom. The molecule has 0 aromatic heterocycles. The molecule has 4 aliphatic carbocycles. The second-order valence-electron chi connectivity index (χ2n) is 12.9. The van der Waals surface area contributed by atoms with Crippen molar-refractivity contribution in [3.05, 3.63) is 58.2 Å². The summed E-state index contributed by atoms with van der Waals surface area (Å²) in [6, 6.07) is 8.50. The van der Waals surface area contributed by atoms with Crippen LogP contribution in [0.15, 0.2) is 47.1 Å². The fraction of sp³-hybridized carbons (Fsp3) is 0.656. The van der Waals surface area contributed by atoms with E-state index in [9.17, 15) is 26.7 Å². The molecule has 1 heterocycles.